The van der Waals surface area contributed by atoms with Gasteiger partial charge in [0.2, 0.25) is 0 Å². The summed E-state index contributed by atoms with van der Waals surface area (Å²) in [6, 6.07) is 0.408. The van der Waals surface area contributed by atoms with Gasteiger partial charge in [0.05, 0.1) is 5.41 Å². The number of rotatable bonds is 7. The van der Waals surface area contributed by atoms with Crippen molar-refractivity contribution >= 4 is 5.97 Å². The molecule has 2 unspecified atom stereocenters. The molecule has 0 aromatic heterocycles. The second-order valence-electron chi connectivity index (χ2n) is 4.29. The first-order chi connectivity index (χ1) is 6.46. The summed E-state index contributed by atoms with van der Waals surface area (Å²) in [4.78, 5) is 11.0. The molecule has 0 fully saturated rings. The number of nitrogens with one attached hydrogen (secondary N) is 1. The molecule has 0 bridgehead atoms. The van der Waals surface area contributed by atoms with Crippen molar-refractivity contribution in [2.24, 2.45) is 5.41 Å². The number of hydrogen-bond acceptors (Lipinski definition) is 2. The molecule has 3 nitrogen and oxygen atoms in total. The second kappa shape index (κ2) is 6.02. The standard InChI is InChI=1S/C11H23NO2/c1-5-7-9(3)12-8-11(4,6-2)10(13)14/h9,12H,5-8H2,1-4H3,(H,13,14). The number of aliphatic carboxylic acids is 1. The number of carboxylic acids is 1. The number of hydrogen-bond donors (Lipinski definition) is 2. The van der Waals surface area contributed by atoms with Crippen LogP contribution < -0.4 is 5.32 Å². The van der Waals surface area contributed by atoms with Crippen LogP contribution in [0.4, 0.5) is 0 Å². The average molecular weight is 201 g/mol. The molecule has 0 heterocycles. The van der Waals surface area contributed by atoms with Crippen molar-refractivity contribution in [3.05, 3.63) is 0 Å². The molecular weight excluding hydrogens is 178 g/mol. The first-order valence-electron chi connectivity index (χ1n) is 5.43. The molecule has 2 atom stereocenters. The highest BCUT2D eigenvalue weighted by molar-refractivity contribution is 5.74. The first kappa shape index (κ1) is 13.4. The van der Waals surface area contributed by atoms with Crippen LogP contribution in [0, 0.1) is 5.41 Å². The van der Waals surface area contributed by atoms with Gasteiger partial charge in [-0.1, -0.05) is 20.3 Å². The van der Waals surface area contributed by atoms with Crippen LogP contribution in [0.2, 0.25) is 0 Å². The lowest BCUT2D eigenvalue weighted by Gasteiger charge is -2.25. The molecule has 0 radical (unpaired) electrons. The monoisotopic (exact) mass is 201 g/mol. The van der Waals surface area contributed by atoms with Crippen molar-refractivity contribution in [3.8, 4) is 0 Å². The van der Waals surface area contributed by atoms with Crippen LogP contribution in [0.15, 0.2) is 0 Å². The zero-order valence-electron chi connectivity index (χ0n) is 9.76. The Bertz CT molecular complexity index is 182. The minimum absolute atomic E-state index is 0.408. The summed E-state index contributed by atoms with van der Waals surface area (Å²) in [7, 11) is 0. The molecule has 0 aliphatic carbocycles. The van der Waals surface area contributed by atoms with Crippen molar-refractivity contribution in [1.29, 1.82) is 0 Å². The molecule has 0 aliphatic heterocycles. The molecule has 0 aromatic rings. The first-order valence-corrected chi connectivity index (χ1v) is 5.43. The van der Waals surface area contributed by atoms with E-state index in [0.717, 1.165) is 12.8 Å². The van der Waals surface area contributed by atoms with Crippen molar-refractivity contribution in [3.63, 3.8) is 0 Å². The normalized spacial score (nSPS) is 17.4. The quantitative estimate of drug-likeness (QED) is 0.664. The smallest absolute Gasteiger partial charge is 0.310 e. The highest BCUT2D eigenvalue weighted by Crippen LogP contribution is 2.20. The Balaban J connectivity index is 4.01. The molecule has 14 heavy (non-hydrogen) atoms. The average Bonchev–Trinajstić information content (AvgIpc) is 2.14. The van der Waals surface area contributed by atoms with Gasteiger partial charge in [-0.15, -0.1) is 0 Å². The molecule has 3 heteroatoms. The summed E-state index contributed by atoms with van der Waals surface area (Å²) >= 11 is 0. The Hall–Kier alpha value is -0.570. The van der Waals surface area contributed by atoms with Crippen LogP contribution >= 0.6 is 0 Å². The Morgan fingerprint density at radius 3 is 2.43 bits per heavy atom. The van der Waals surface area contributed by atoms with E-state index in [4.69, 9.17) is 5.11 Å². The predicted molar refractivity (Wildman–Crippen MR) is 58.4 cm³/mol. The van der Waals surface area contributed by atoms with Crippen LogP contribution in [0.5, 0.6) is 0 Å². The van der Waals surface area contributed by atoms with E-state index in [2.05, 4.69) is 19.2 Å². The maximum Gasteiger partial charge on any atom is 0.310 e. The van der Waals surface area contributed by atoms with Crippen LogP contribution in [0.1, 0.15) is 47.0 Å². The van der Waals surface area contributed by atoms with Gasteiger partial charge in [0, 0.05) is 12.6 Å². The van der Waals surface area contributed by atoms with E-state index in [1.165, 1.54) is 0 Å². The Morgan fingerprint density at radius 2 is 2.07 bits per heavy atom. The van der Waals surface area contributed by atoms with Crippen molar-refractivity contribution in [2.75, 3.05) is 6.54 Å². The third kappa shape index (κ3) is 4.09. The Morgan fingerprint density at radius 1 is 1.50 bits per heavy atom. The summed E-state index contributed by atoms with van der Waals surface area (Å²) in [6.07, 6.45) is 2.89. The highest BCUT2D eigenvalue weighted by atomic mass is 16.4. The Kier molecular flexibility index (Phi) is 5.77. The van der Waals surface area contributed by atoms with Crippen molar-refractivity contribution in [2.45, 2.75) is 53.0 Å². The predicted octanol–water partition coefficient (Wildman–Crippen LogP) is 2.27. The van der Waals surface area contributed by atoms with Gasteiger partial charge in [-0.3, -0.25) is 4.79 Å². The Labute approximate surface area is 86.9 Å². The van der Waals surface area contributed by atoms with E-state index in [-0.39, 0.29) is 0 Å². The van der Waals surface area contributed by atoms with E-state index in [9.17, 15) is 4.79 Å². The maximum absolute atomic E-state index is 11.0. The van der Waals surface area contributed by atoms with Crippen LogP contribution in [0.3, 0.4) is 0 Å². The van der Waals surface area contributed by atoms with Crippen molar-refractivity contribution in [1.82, 2.24) is 5.32 Å². The minimum atomic E-state index is -0.712. The molecule has 84 valence electrons. The van der Waals surface area contributed by atoms with Crippen LogP contribution in [-0.2, 0) is 4.79 Å². The molecule has 0 aliphatic rings. The highest BCUT2D eigenvalue weighted by Gasteiger charge is 2.30. The topological polar surface area (TPSA) is 49.3 Å². The lowest BCUT2D eigenvalue weighted by atomic mass is 9.87. The molecule has 0 saturated carbocycles. The van der Waals surface area contributed by atoms with Crippen LogP contribution in [0.25, 0.3) is 0 Å². The van der Waals surface area contributed by atoms with E-state index < -0.39 is 11.4 Å². The maximum atomic E-state index is 11.0. The molecule has 2 N–H and O–H groups in total. The van der Waals surface area contributed by atoms with Gasteiger partial charge < -0.3 is 10.4 Å². The van der Waals surface area contributed by atoms with Crippen LogP contribution in [-0.4, -0.2) is 23.7 Å². The fourth-order valence-electron chi connectivity index (χ4n) is 1.29. The summed E-state index contributed by atoms with van der Waals surface area (Å²) in [5, 5.41) is 12.3. The fourth-order valence-corrected chi connectivity index (χ4v) is 1.29. The third-order valence-corrected chi connectivity index (χ3v) is 2.86. The summed E-state index contributed by atoms with van der Waals surface area (Å²) < 4.78 is 0. The molecule has 0 amide bonds. The molecule has 0 spiro atoms. The van der Waals surface area contributed by atoms with Gasteiger partial charge in [-0.2, -0.15) is 0 Å². The third-order valence-electron chi connectivity index (χ3n) is 2.86. The second-order valence-corrected chi connectivity index (χ2v) is 4.29. The van der Waals surface area contributed by atoms with E-state index in [1.54, 1.807) is 6.92 Å². The van der Waals surface area contributed by atoms with E-state index >= 15 is 0 Å². The summed E-state index contributed by atoms with van der Waals surface area (Å²) in [6.45, 7) is 8.50. The minimum Gasteiger partial charge on any atom is -0.481 e. The van der Waals surface area contributed by atoms with E-state index in [0.29, 0.717) is 19.0 Å². The van der Waals surface area contributed by atoms with E-state index in [1.807, 2.05) is 6.92 Å². The van der Waals surface area contributed by atoms with Gasteiger partial charge in [0.15, 0.2) is 0 Å². The summed E-state index contributed by atoms with van der Waals surface area (Å²) in [5.41, 5.74) is -0.623. The van der Waals surface area contributed by atoms with Gasteiger partial charge in [-0.25, -0.2) is 0 Å². The van der Waals surface area contributed by atoms with Gasteiger partial charge >= 0.3 is 5.97 Å². The number of carbonyl (C=O) groups is 1. The molecule has 0 saturated heterocycles. The van der Waals surface area contributed by atoms with Gasteiger partial charge in [-0.05, 0) is 26.7 Å². The summed E-state index contributed by atoms with van der Waals surface area (Å²) in [5.74, 6) is -0.712. The lowest BCUT2D eigenvalue weighted by Crippen LogP contribution is -2.41. The fraction of sp³-hybridized carbons (Fsp3) is 0.909. The number of carboxylic acid groups (broad SMARTS) is 1. The molecular formula is C11H23NO2. The molecule has 0 aromatic carbocycles. The lowest BCUT2D eigenvalue weighted by molar-refractivity contribution is -0.147. The largest absolute Gasteiger partial charge is 0.481 e. The van der Waals surface area contributed by atoms with Crippen molar-refractivity contribution < 1.29 is 9.90 Å². The van der Waals surface area contributed by atoms with Gasteiger partial charge in [0.1, 0.15) is 0 Å². The zero-order chi connectivity index (χ0) is 11.2. The van der Waals surface area contributed by atoms with Gasteiger partial charge in [0.25, 0.3) is 0 Å². The molecule has 0 rings (SSSR count). The zero-order valence-corrected chi connectivity index (χ0v) is 9.76. The SMILES string of the molecule is CCCC(C)NCC(C)(CC)C(=O)O.